The second-order valence-corrected chi connectivity index (χ2v) is 10.9. The predicted octanol–water partition coefficient (Wildman–Crippen LogP) is 5.73. The summed E-state index contributed by atoms with van der Waals surface area (Å²) in [6, 6.07) is 25.0. The molecular formula is C33H41N3O4. The maximum Gasteiger partial charge on any atom is 0.408 e. The van der Waals surface area contributed by atoms with Crippen LogP contribution in [0.15, 0.2) is 84.9 Å². The Morgan fingerprint density at radius 1 is 0.875 bits per heavy atom. The lowest BCUT2D eigenvalue weighted by Gasteiger charge is -2.34. The van der Waals surface area contributed by atoms with Gasteiger partial charge in [-0.3, -0.25) is 9.59 Å². The molecule has 7 nitrogen and oxygen atoms in total. The van der Waals surface area contributed by atoms with Gasteiger partial charge in [0.1, 0.15) is 17.7 Å². The third-order valence-corrected chi connectivity index (χ3v) is 6.25. The third-order valence-electron chi connectivity index (χ3n) is 6.25. The van der Waals surface area contributed by atoms with Gasteiger partial charge in [-0.15, -0.1) is 0 Å². The first-order chi connectivity index (χ1) is 19.1. The Morgan fingerprint density at radius 2 is 1.50 bits per heavy atom. The Hall–Kier alpha value is -4.13. The molecule has 0 fully saturated rings. The van der Waals surface area contributed by atoms with Crippen LogP contribution in [-0.2, 0) is 27.3 Å². The molecule has 0 saturated heterocycles. The molecular weight excluding hydrogens is 502 g/mol. The van der Waals surface area contributed by atoms with Crippen LogP contribution >= 0.6 is 0 Å². The lowest BCUT2D eigenvalue weighted by atomic mass is 9.99. The van der Waals surface area contributed by atoms with E-state index in [1.54, 1.807) is 25.7 Å². The largest absolute Gasteiger partial charge is 0.444 e. The van der Waals surface area contributed by atoms with Crippen LogP contribution in [0.4, 0.5) is 4.79 Å². The maximum absolute atomic E-state index is 14.3. The zero-order valence-electron chi connectivity index (χ0n) is 24.1. The molecule has 0 spiro atoms. The van der Waals surface area contributed by atoms with E-state index in [4.69, 9.17) is 4.74 Å². The van der Waals surface area contributed by atoms with Gasteiger partial charge in [0, 0.05) is 19.5 Å². The third kappa shape index (κ3) is 9.26. The minimum Gasteiger partial charge on any atom is -0.444 e. The first-order valence-corrected chi connectivity index (χ1v) is 13.8. The number of amides is 3. The van der Waals surface area contributed by atoms with Crippen molar-refractivity contribution in [2.75, 3.05) is 6.54 Å². The Kier molecular flexibility index (Phi) is 10.9. The van der Waals surface area contributed by atoms with E-state index >= 15 is 0 Å². The molecule has 3 amide bonds. The summed E-state index contributed by atoms with van der Waals surface area (Å²) in [5.41, 5.74) is 2.81. The smallest absolute Gasteiger partial charge is 0.408 e. The van der Waals surface area contributed by atoms with Crippen molar-refractivity contribution in [3.8, 4) is 0 Å². The summed E-state index contributed by atoms with van der Waals surface area (Å²) >= 11 is 0. The molecule has 0 heterocycles. The molecule has 0 aromatic heterocycles. The van der Waals surface area contributed by atoms with Crippen LogP contribution in [-0.4, -0.2) is 41.0 Å². The number of nitrogens with zero attached hydrogens (tertiary/aromatic N) is 1. The zero-order valence-corrected chi connectivity index (χ0v) is 24.1. The lowest BCUT2D eigenvalue weighted by molar-refractivity contribution is -0.142. The van der Waals surface area contributed by atoms with Crippen LogP contribution in [0.5, 0.6) is 0 Å². The highest BCUT2D eigenvalue weighted by Crippen LogP contribution is 2.25. The maximum atomic E-state index is 14.3. The summed E-state index contributed by atoms with van der Waals surface area (Å²) in [5.74, 6) is -0.634. The van der Waals surface area contributed by atoms with E-state index in [-0.39, 0.29) is 18.2 Å². The van der Waals surface area contributed by atoms with E-state index in [1.807, 2.05) is 98.8 Å². The molecule has 0 bridgehead atoms. The fourth-order valence-electron chi connectivity index (χ4n) is 4.50. The Bertz CT molecular complexity index is 1260. The van der Waals surface area contributed by atoms with Crippen LogP contribution in [0, 0.1) is 6.92 Å². The van der Waals surface area contributed by atoms with Crippen LogP contribution in [0.25, 0.3) is 0 Å². The zero-order chi connectivity index (χ0) is 29.1. The SMILES string of the molecule is CCCN(C(=O)C(Cc1ccccc1)NC(=O)OC(C)(C)C)C(C(=O)NCc1ccccc1)c1cccc(C)c1. The normalized spacial score (nSPS) is 12.6. The highest BCUT2D eigenvalue weighted by molar-refractivity contribution is 5.92. The Balaban J connectivity index is 1.97. The number of ether oxygens (including phenoxy) is 1. The van der Waals surface area contributed by atoms with Crippen molar-refractivity contribution in [3.05, 3.63) is 107 Å². The van der Waals surface area contributed by atoms with Gasteiger partial charge in [-0.2, -0.15) is 0 Å². The van der Waals surface area contributed by atoms with Crippen LogP contribution in [0.1, 0.15) is 62.4 Å². The molecule has 0 saturated carbocycles. The molecule has 212 valence electrons. The van der Waals surface area contributed by atoms with Gasteiger partial charge in [-0.1, -0.05) is 97.4 Å². The van der Waals surface area contributed by atoms with Gasteiger partial charge >= 0.3 is 6.09 Å². The second-order valence-electron chi connectivity index (χ2n) is 10.9. The molecule has 40 heavy (non-hydrogen) atoms. The van der Waals surface area contributed by atoms with Gasteiger partial charge in [0.05, 0.1) is 0 Å². The molecule has 2 atom stereocenters. The standard InChI is InChI=1S/C33H41N3O4/c1-6-20-36(31(38)28(22-25-15-9-7-10-16-25)35-32(39)40-33(3,4)5)29(27-19-13-14-24(2)21-27)30(37)34-23-26-17-11-8-12-18-26/h7-19,21,28-29H,6,20,22-23H2,1-5H3,(H,34,37)(H,35,39). The minimum atomic E-state index is -0.932. The van der Waals surface area contributed by atoms with Crippen molar-refractivity contribution in [1.29, 1.82) is 0 Å². The molecule has 0 aliphatic heterocycles. The van der Waals surface area contributed by atoms with Crippen molar-refractivity contribution in [2.24, 2.45) is 0 Å². The van der Waals surface area contributed by atoms with E-state index in [1.165, 1.54) is 0 Å². The topological polar surface area (TPSA) is 87.7 Å². The van der Waals surface area contributed by atoms with Gasteiger partial charge in [0.25, 0.3) is 0 Å². The highest BCUT2D eigenvalue weighted by atomic mass is 16.6. The summed E-state index contributed by atoms with van der Waals surface area (Å²) in [5, 5.41) is 5.82. The number of benzene rings is 3. The number of carbonyl (C=O) groups is 3. The highest BCUT2D eigenvalue weighted by Gasteiger charge is 2.36. The predicted molar refractivity (Wildman–Crippen MR) is 158 cm³/mol. The monoisotopic (exact) mass is 543 g/mol. The molecule has 2 N–H and O–H groups in total. The van der Waals surface area contributed by atoms with Crippen LogP contribution in [0.3, 0.4) is 0 Å². The number of carbonyl (C=O) groups excluding carboxylic acids is 3. The summed E-state index contributed by atoms with van der Waals surface area (Å²) in [4.78, 5) is 42.5. The van der Waals surface area contributed by atoms with Gasteiger partial charge in [0.15, 0.2) is 0 Å². The first-order valence-electron chi connectivity index (χ1n) is 13.8. The van der Waals surface area contributed by atoms with Crippen molar-refractivity contribution in [1.82, 2.24) is 15.5 Å². The van der Waals surface area contributed by atoms with E-state index < -0.39 is 23.8 Å². The van der Waals surface area contributed by atoms with Gasteiger partial charge in [-0.25, -0.2) is 4.79 Å². The fraction of sp³-hybridized carbons (Fsp3) is 0.364. The van der Waals surface area contributed by atoms with Crippen molar-refractivity contribution >= 4 is 17.9 Å². The summed E-state index contributed by atoms with van der Waals surface area (Å²) in [6.07, 6.45) is 0.203. The van der Waals surface area contributed by atoms with Gasteiger partial charge in [0.2, 0.25) is 11.8 Å². The molecule has 0 aliphatic carbocycles. The Labute approximate surface area is 237 Å². The number of hydrogen-bond acceptors (Lipinski definition) is 4. The van der Waals surface area contributed by atoms with Crippen LogP contribution in [0.2, 0.25) is 0 Å². The number of aryl methyl sites for hydroxylation is 1. The molecule has 3 aromatic carbocycles. The number of hydrogen-bond donors (Lipinski definition) is 2. The second kappa shape index (κ2) is 14.3. The summed E-state index contributed by atoms with van der Waals surface area (Å²) in [7, 11) is 0. The fourth-order valence-corrected chi connectivity index (χ4v) is 4.50. The molecule has 2 unspecified atom stereocenters. The number of rotatable bonds is 11. The van der Waals surface area contributed by atoms with Gasteiger partial charge < -0.3 is 20.3 Å². The number of alkyl carbamates (subject to hydrolysis) is 1. The average Bonchev–Trinajstić information content (AvgIpc) is 2.91. The molecule has 3 aromatic rings. The minimum absolute atomic E-state index is 0.255. The van der Waals surface area contributed by atoms with Crippen molar-refractivity contribution in [2.45, 2.75) is 71.7 Å². The quantitative estimate of drug-likeness (QED) is 0.324. The summed E-state index contributed by atoms with van der Waals surface area (Å²) < 4.78 is 5.49. The first kappa shape index (κ1) is 30.4. The van der Waals surface area contributed by atoms with Gasteiger partial charge in [-0.05, 0) is 50.8 Å². The lowest BCUT2D eigenvalue weighted by Crippen LogP contribution is -2.54. The average molecular weight is 544 g/mol. The summed E-state index contributed by atoms with van der Waals surface area (Å²) in [6.45, 7) is 9.90. The van der Waals surface area contributed by atoms with E-state index in [2.05, 4.69) is 10.6 Å². The molecule has 7 heteroatoms. The Morgan fingerprint density at radius 3 is 2.08 bits per heavy atom. The van der Waals surface area contributed by atoms with E-state index in [9.17, 15) is 14.4 Å². The van der Waals surface area contributed by atoms with Crippen LogP contribution < -0.4 is 10.6 Å². The molecule has 0 aliphatic rings. The number of nitrogens with one attached hydrogen (secondary N) is 2. The van der Waals surface area contributed by atoms with E-state index in [0.717, 1.165) is 16.7 Å². The van der Waals surface area contributed by atoms with Crippen molar-refractivity contribution < 1.29 is 19.1 Å². The molecule has 3 rings (SSSR count). The molecule has 0 radical (unpaired) electrons. The van der Waals surface area contributed by atoms with Crippen molar-refractivity contribution in [3.63, 3.8) is 0 Å². The van der Waals surface area contributed by atoms with E-state index in [0.29, 0.717) is 25.1 Å².